The number of azide groups is 4. The first-order chi connectivity index (χ1) is 52.1. The van der Waals surface area contributed by atoms with E-state index in [1.165, 1.54) is 47.5 Å². The molecule has 671 valence electrons. The number of alkyl halides is 1. The zero-order chi connectivity index (χ0) is 88.4. The number of nitrogens with two attached hydrogens (primary N) is 6. The number of hydrazine groups is 2. The topological polar surface area (TPSA) is 691 Å². The van der Waals surface area contributed by atoms with Gasteiger partial charge in [-0.25, -0.2) is 0 Å². The third kappa shape index (κ3) is 34.3. The Morgan fingerprint density at radius 2 is 0.891 bits per heavy atom. The zero-order valence-electron chi connectivity index (χ0n) is 76.0. The summed E-state index contributed by atoms with van der Waals surface area (Å²) in [4.78, 5) is 25.8. The average molecular weight is 1880 g/mol. The van der Waals surface area contributed by atoms with E-state index in [2.05, 4.69) is 188 Å². The van der Waals surface area contributed by atoms with E-state index in [1.54, 1.807) is 5.56 Å². The molecule has 11 aliphatic rings. The van der Waals surface area contributed by atoms with Crippen LogP contribution in [0.3, 0.4) is 0 Å². The number of ether oxygens (including phenoxy) is 1. The Morgan fingerprint density at radius 3 is 1.16 bits per heavy atom. The minimum absolute atomic E-state index is 0. The van der Waals surface area contributed by atoms with Crippen LogP contribution in [0.5, 0.6) is 0 Å². The first kappa shape index (κ1) is 130. The van der Waals surface area contributed by atoms with Crippen LogP contribution in [0.15, 0.2) is 38.7 Å². The van der Waals surface area contributed by atoms with Gasteiger partial charge in [0.15, 0.2) is 0 Å². The molecule has 0 bridgehead atoms. The van der Waals surface area contributed by atoms with Crippen molar-refractivity contribution in [3.63, 3.8) is 0 Å². The van der Waals surface area contributed by atoms with Crippen molar-refractivity contribution < 1.29 is 183 Å². The summed E-state index contributed by atoms with van der Waals surface area (Å²) in [6.45, 7) is 45.9. The zero-order valence-corrected chi connectivity index (χ0v) is 83.9. The van der Waals surface area contributed by atoms with Gasteiger partial charge < -0.3 is 75.5 Å². The van der Waals surface area contributed by atoms with Crippen LogP contribution in [-0.4, -0.2) is 140 Å². The number of carbonyl (C=O) groups excluding carboxylic acids is 1. The van der Waals surface area contributed by atoms with Gasteiger partial charge in [0.1, 0.15) is 5.78 Å². The Kier molecular flexibility index (Phi) is 63.5. The fourth-order valence-corrected chi connectivity index (χ4v) is 19.1. The molecule has 12 rings (SSSR count). The van der Waals surface area contributed by atoms with Crippen molar-refractivity contribution in [2.24, 2.45) is 152 Å². The van der Waals surface area contributed by atoms with Crippen molar-refractivity contribution in [3.8, 4) is 0 Å². The van der Waals surface area contributed by atoms with E-state index in [9.17, 15) is 40.5 Å². The monoisotopic (exact) mass is 1880 g/mol. The van der Waals surface area contributed by atoms with Gasteiger partial charge in [0.2, 0.25) is 0 Å². The van der Waals surface area contributed by atoms with Crippen molar-refractivity contribution in [3.05, 3.63) is 109 Å². The van der Waals surface area contributed by atoms with E-state index in [0.717, 1.165) is 61.8 Å². The van der Waals surface area contributed by atoms with Crippen LogP contribution in [0.2, 0.25) is 0 Å². The van der Waals surface area contributed by atoms with Gasteiger partial charge in [0.05, 0.1) is 79.6 Å². The Morgan fingerprint density at radius 1 is 0.529 bits per heavy atom. The van der Waals surface area contributed by atoms with Crippen LogP contribution >= 0.6 is 15.9 Å². The summed E-state index contributed by atoms with van der Waals surface area (Å²) in [5.41, 5.74) is 75.5. The summed E-state index contributed by atoms with van der Waals surface area (Å²) in [6.07, 6.45) is 11.4. The van der Waals surface area contributed by atoms with Crippen molar-refractivity contribution >= 4 is 30.1 Å². The fraction of sp³-hybridized carbons (Fsp3) is 0.907. The summed E-state index contributed by atoms with van der Waals surface area (Å²) in [7, 11) is 0. The van der Waals surface area contributed by atoms with E-state index in [4.69, 9.17) is 71.9 Å². The summed E-state index contributed by atoms with van der Waals surface area (Å²) in [5.74, 6) is 21.8. The van der Waals surface area contributed by atoms with E-state index >= 15 is 0 Å². The molecule has 0 spiro atoms. The molecule has 9 saturated carbocycles. The second-order valence-electron chi connectivity index (χ2n) is 36.9. The van der Waals surface area contributed by atoms with Gasteiger partial charge in [0, 0.05) is 83.4 Å². The second-order valence-corrected chi connectivity index (χ2v) is 38.7. The van der Waals surface area contributed by atoms with Crippen LogP contribution in [0.4, 0.5) is 0 Å². The van der Waals surface area contributed by atoms with E-state index in [1.807, 2.05) is 62.3 Å². The summed E-state index contributed by atoms with van der Waals surface area (Å²) >= 11 is -0.322. The van der Waals surface area contributed by atoms with Crippen LogP contribution in [0, 0.1) is 96.6 Å². The third-order valence-corrected chi connectivity index (χ3v) is 29.6. The summed E-state index contributed by atoms with van der Waals surface area (Å²) in [6, 6.07) is 5.50. The average Bonchev–Trinajstić information content (AvgIpc) is 1.54. The van der Waals surface area contributed by atoms with Crippen LogP contribution in [0.25, 0.3) is 73.7 Å². The number of rotatable bonds is 5. The van der Waals surface area contributed by atoms with E-state index in [0.29, 0.717) is 70.3 Å². The molecule has 0 amide bonds. The quantitative estimate of drug-likeness (QED) is 0.0256. The molecule has 1 aromatic rings. The predicted octanol–water partition coefficient (Wildman–Crippen LogP) is 5.40. The van der Waals surface area contributed by atoms with Gasteiger partial charge in [0.25, 0.3) is 0 Å². The number of aryl methyl sites for hydroxylation is 1. The Bertz CT molecular complexity index is 3460. The molecule has 1 aliphatic heterocycles. The minimum atomic E-state index is -3.79. The van der Waals surface area contributed by atoms with Crippen LogP contribution in [-0.2, 0) is 80.9 Å². The number of epoxide rings is 1. The summed E-state index contributed by atoms with van der Waals surface area (Å²) < 4.78 is 31.5. The first-order valence-corrected chi connectivity index (χ1v) is 41.3. The third-order valence-electron chi connectivity index (χ3n) is 28.7. The van der Waals surface area contributed by atoms with Gasteiger partial charge in [-0.2, -0.15) is 0 Å². The Labute approximate surface area is 798 Å². The maximum absolute atomic E-state index is 11.6. The molecule has 1 heterocycles. The fourth-order valence-electron chi connectivity index (χ4n) is 17.9. The molecule has 36 nitrogen and oxygen atoms in total. The molecular formula is C75H140BBrCrLiN24Na2Ni2O12. The van der Waals surface area contributed by atoms with Gasteiger partial charge in [-0.3, -0.25) is 38.0 Å². The first-order valence-electron chi connectivity index (χ1n) is 38.9. The maximum atomic E-state index is 11.6. The number of benzene rings is 1. The van der Waals surface area contributed by atoms with E-state index in [-0.39, 0.29) is 220 Å². The molecule has 10 unspecified atom stereocenters. The van der Waals surface area contributed by atoms with Crippen molar-refractivity contribution in [1.82, 2.24) is 0 Å². The molecule has 19 N–H and O–H groups in total. The molecule has 10 aliphatic carbocycles. The van der Waals surface area contributed by atoms with Crippen molar-refractivity contribution in [2.75, 3.05) is 0 Å². The van der Waals surface area contributed by atoms with Crippen molar-refractivity contribution in [2.45, 2.75) is 332 Å². The normalized spacial score (nSPS) is 35.4. The number of ketones is 1. The molecule has 26 atom stereocenters. The summed E-state index contributed by atoms with van der Waals surface area (Å²) in [5, 5.41) is 81.5. The number of aliphatic hydroxyl groups excluding tert-OH is 7. The Hall–Kier alpha value is -1.75. The number of hydrogen-bond acceptors (Lipinski definition) is 22. The number of fused-ring (bicyclic) bond motifs is 7. The van der Waals surface area contributed by atoms with E-state index < -0.39 is 38.3 Å². The van der Waals surface area contributed by atoms with Gasteiger partial charge in [-0.15, -0.1) is 0 Å². The Balaban J connectivity index is -0.000000195. The molecular weight excluding hydrogens is 1740 g/mol. The molecule has 0 aromatic heterocycles. The van der Waals surface area contributed by atoms with Crippen molar-refractivity contribution in [1.29, 1.82) is 0 Å². The van der Waals surface area contributed by atoms with Gasteiger partial charge in [-0.1, -0.05) is 207 Å². The molecule has 44 heteroatoms. The number of halogens is 1. The number of hydrogen-bond donors (Lipinski definition) is 13. The number of aliphatic hydroxyl groups is 7. The molecule has 119 heavy (non-hydrogen) atoms. The standard InChI is InChI=1S/C19H24O2.C8H15BrO.3C8H15N3O.C8H13N3O.2C8H17NO.B.Cr.Li.2N3.2H4N2.2Na.2Ni.3O.H/c1-19-7-6-14-13-4-2-11(10-20)8-12(13)3-5-15(14)16(19)9-17-18(19)21-17;1-5-4-6(9)7(10)8(5,2)3;1-5-4-6(12)7(10-11-9)8(5,2)3;3*1-5-4-6(10-11-9)7(12)8(5,2)3;2*1-5-4-6(9)7(10)8(5,2)3;;;;2*1-3-2;2*1-2;;;;;;;;/h2,4,8,14-18,20H,3,5-7,9-10H2,1H3;5-7,10H,4H2,1-3H3;3*5-7,12H,4H2,1-3H3;5-6H,4H2,1-3H3;2*5-7,10H,4,9H2,1-3H3;;;;;;2*1-2H2;;;;;;;;/q;;;;;;;;;;+1;2*-1;;;2*+1;;;;;;-1/t14?,15?,16?,17-,18-,19-;5?,6-,7-;2*5?,6-,7+;5?,6-,7-;5?,6-;5?,6-,7+;5?,6-,7-;;;;;;;;;;;;;;;/m00011111.............../s1. The number of Topliss-reactive ketones (excluding diaryl/α,β-unsaturated/α-hetero) is 1. The van der Waals surface area contributed by atoms with Gasteiger partial charge >= 0.3 is 103 Å². The van der Waals surface area contributed by atoms with Crippen LogP contribution < -0.4 is 113 Å². The second kappa shape index (κ2) is 57.9. The molecule has 1 aromatic carbocycles. The number of nitrogens with zero attached hydrogens (tertiary/aromatic N) is 18. The molecule has 3 radical (unpaired) electrons. The predicted molar refractivity (Wildman–Crippen MR) is 441 cm³/mol. The number of carbonyl (C=O) groups is 1. The molecule has 1 saturated heterocycles. The van der Waals surface area contributed by atoms with Crippen LogP contribution in [0.1, 0.15) is 247 Å². The SMILES string of the molecule is CC1C[C@@H](N)[C@@H](O)C1(C)C.CC1C[C@@H](N)[C@H](O)C1(C)C.CC1C[C@@H](N=[N+]=[N-])C(=O)C1(C)C.CC1C[C@@H](N=[N+]=[N-])[C@@H](O)C1(C)C.CC1C[C@@H](N=[N+]=[N-])[C@H](O)C1(C)C.CC1C[C@H](Br)[C@H](O)C1(C)C.CC1C[C@H](O)[C@@H](N=[N+]=[N-])C1(C)C.C[C@]12CCC3c4ccc(CO)cc4CCC3C1C[C@@H]1O[C@@H]12.NN.NN.[B].[H-].[Li+].[N-]=[N+]=[N-].[N-]=[N+]=[N-].[Na+].[Na+].[Ni].[Ni].[O]=[Cr](=[O])=[O]. The molecule has 10 fully saturated rings. The van der Waals surface area contributed by atoms with Gasteiger partial charge in [-0.05, 0) is 213 Å².